The topological polar surface area (TPSA) is 66.4 Å². The van der Waals surface area contributed by atoms with Crippen LogP contribution in [0, 0.1) is 6.92 Å². The summed E-state index contributed by atoms with van der Waals surface area (Å²) in [5.74, 6) is -0.728. The van der Waals surface area contributed by atoms with Gasteiger partial charge in [0, 0.05) is 16.7 Å². The van der Waals surface area contributed by atoms with Gasteiger partial charge in [-0.25, -0.2) is 5.48 Å². The van der Waals surface area contributed by atoms with Crippen molar-refractivity contribution in [1.29, 1.82) is 0 Å². The van der Waals surface area contributed by atoms with Crippen molar-refractivity contribution in [2.24, 2.45) is 0 Å². The minimum absolute atomic E-state index is 0.102. The van der Waals surface area contributed by atoms with Crippen LogP contribution in [0.3, 0.4) is 0 Å². The molecule has 0 aliphatic carbocycles. The molecule has 0 radical (unpaired) electrons. The van der Waals surface area contributed by atoms with Crippen LogP contribution in [-0.2, 0) is 4.79 Å². The molecule has 0 spiro atoms. The van der Waals surface area contributed by atoms with E-state index < -0.39 is 5.91 Å². The van der Waals surface area contributed by atoms with Gasteiger partial charge >= 0.3 is 0 Å². The summed E-state index contributed by atoms with van der Waals surface area (Å²) in [7, 11) is 0. The van der Waals surface area contributed by atoms with Gasteiger partial charge in [-0.3, -0.25) is 14.8 Å². The summed E-state index contributed by atoms with van der Waals surface area (Å²) < 4.78 is 0. The molecule has 2 N–H and O–H groups in total. The Morgan fingerprint density at radius 1 is 1.04 bits per heavy atom. The highest BCUT2D eigenvalue weighted by Crippen LogP contribution is 2.20. The summed E-state index contributed by atoms with van der Waals surface area (Å²) in [5, 5.41) is 8.88. The third-order valence-electron chi connectivity index (χ3n) is 3.31. The molecule has 0 bridgehead atoms. The molecule has 0 fully saturated rings. The van der Waals surface area contributed by atoms with Crippen LogP contribution in [0.1, 0.15) is 27.0 Å². The van der Waals surface area contributed by atoms with E-state index in [1.54, 1.807) is 36.4 Å². The van der Waals surface area contributed by atoms with E-state index in [-0.39, 0.29) is 5.78 Å². The molecule has 0 atom stereocenters. The number of carbonyl (C=O) groups is 2. The van der Waals surface area contributed by atoms with E-state index in [0.717, 1.165) is 5.56 Å². The number of halogens is 1. The van der Waals surface area contributed by atoms with Crippen molar-refractivity contribution in [1.82, 2.24) is 5.48 Å². The molecule has 2 aromatic carbocycles. The Bertz CT molecular complexity index is 808. The average Bonchev–Trinajstić information content (AvgIpc) is 2.59. The minimum atomic E-state index is -0.626. The molecule has 122 valence electrons. The molecular formula is C19H16ClNO3. The van der Waals surface area contributed by atoms with Gasteiger partial charge in [0.15, 0.2) is 5.78 Å². The highest BCUT2D eigenvalue weighted by Gasteiger charge is 2.03. The number of aryl methyl sites for hydroxylation is 1. The normalized spacial score (nSPS) is 11.1. The Kier molecular flexibility index (Phi) is 6.07. The molecule has 0 unspecified atom stereocenters. The Morgan fingerprint density at radius 3 is 2.38 bits per heavy atom. The second-order valence-electron chi connectivity index (χ2n) is 5.15. The molecule has 5 heteroatoms. The van der Waals surface area contributed by atoms with Gasteiger partial charge in [-0.05, 0) is 42.3 Å². The van der Waals surface area contributed by atoms with Crippen LogP contribution in [0.15, 0.2) is 54.6 Å². The quantitative estimate of drug-likeness (QED) is 0.373. The zero-order valence-corrected chi connectivity index (χ0v) is 13.7. The largest absolute Gasteiger partial charge is 0.289 e. The molecule has 0 aromatic heterocycles. The number of allylic oxidation sites excluding steroid dienone is 1. The van der Waals surface area contributed by atoms with E-state index in [4.69, 9.17) is 16.8 Å². The smallest absolute Gasteiger partial charge is 0.267 e. The van der Waals surface area contributed by atoms with E-state index in [1.807, 2.05) is 19.1 Å². The van der Waals surface area contributed by atoms with Crippen molar-refractivity contribution >= 4 is 35.4 Å². The van der Waals surface area contributed by atoms with E-state index in [1.165, 1.54) is 23.7 Å². The summed E-state index contributed by atoms with van der Waals surface area (Å²) in [5.41, 5.74) is 4.61. The fourth-order valence-electron chi connectivity index (χ4n) is 1.97. The van der Waals surface area contributed by atoms with Gasteiger partial charge < -0.3 is 0 Å². The predicted octanol–water partition coefficient (Wildman–Crippen LogP) is 4.06. The number of hydrogen-bond donors (Lipinski definition) is 2. The lowest BCUT2D eigenvalue weighted by Gasteiger charge is -2.01. The number of hydroxylamine groups is 1. The van der Waals surface area contributed by atoms with Crippen LogP contribution in [0.25, 0.3) is 12.2 Å². The van der Waals surface area contributed by atoms with E-state index >= 15 is 0 Å². The number of rotatable bonds is 5. The third kappa shape index (κ3) is 4.91. The standard InChI is InChI=1S/C19H16ClNO3/c1-13-2-6-16(7-3-13)18(22)10-9-15-8-4-14(12-17(15)20)5-11-19(23)21-24/h2-12,24H,1H3,(H,21,23)/b10-9+,11-5+. The van der Waals surface area contributed by atoms with Gasteiger partial charge in [0.25, 0.3) is 5.91 Å². The number of nitrogens with one attached hydrogen (secondary N) is 1. The van der Waals surface area contributed by atoms with Crippen molar-refractivity contribution in [2.45, 2.75) is 6.92 Å². The van der Waals surface area contributed by atoms with E-state index in [2.05, 4.69) is 0 Å². The molecular weight excluding hydrogens is 326 g/mol. The van der Waals surface area contributed by atoms with Crippen LogP contribution < -0.4 is 5.48 Å². The van der Waals surface area contributed by atoms with Crippen LogP contribution in [-0.4, -0.2) is 16.9 Å². The van der Waals surface area contributed by atoms with Gasteiger partial charge in [-0.2, -0.15) is 0 Å². The Hall–Kier alpha value is -2.69. The lowest BCUT2D eigenvalue weighted by molar-refractivity contribution is -0.124. The number of amides is 1. The molecule has 2 aromatic rings. The van der Waals surface area contributed by atoms with Crippen molar-refractivity contribution in [3.8, 4) is 0 Å². The van der Waals surface area contributed by atoms with Gasteiger partial charge in [0.05, 0.1) is 0 Å². The molecule has 0 heterocycles. The maximum absolute atomic E-state index is 12.1. The third-order valence-corrected chi connectivity index (χ3v) is 3.64. The first-order valence-electron chi connectivity index (χ1n) is 7.20. The highest BCUT2D eigenvalue weighted by atomic mass is 35.5. The van der Waals surface area contributed by atoms with Crippen molar-refractivity contribution in [2.75, 3.05) is 0 Å². The van der Waals surface area contributed by atoms with E-state index in [0.29, 0.717) is 21.7 Å². The minimum Gasteiger partial charge on any atom is -0.289 e. The fraction of sp³-hybridized carbons (Fsp3) is 0.0526. The number of benzene rings is 2. The summed E-state index contributed by atoms with van der Waals surface area (Å²) in [6, 6.07) is 12.5. The van der Waals surface area contributed by atoms with Crippen LogP contribution in [0.5, 0.6) is 0 Å². The molecule has 2 rings (SSSR count). The first-order valence-corrected chi connectivity index (χ1v) is 7.58. The van der Waals surface area contributed by atoms with Gasteiger partial charge in [-0.1, -0.05) is 53.6 Å². The molecule has 4 nitrogen and oxygen atoms in total. The first kappa shape index (κ1) is 17.7. The Labute approximate surface area is 145 Å². The molecule has 24 heavy (non-hydrogen) atoms. The van der Waals surface area contributed by atoms with Gasteiger partial charge in [-0.15, -0.1) is 0 Å². The van der Waals surface area contributed by atoms with Gasteiger partial charge in [0.1, 0.15) is 0 Å². The molecule has 0 saturated heterocycles. The zero-order valence-electron chi connectivity index (χ0n) is 13.0. The molecule has 0 aliphatic heterocycles. The summed E-state index contributed by atoms with van der Waals surface area (Å²) in [6.45, 7) is 1.96. The number of carbonyl (C=O) groups excluding carboxylic acids is 2. The van der Waals surface area contributed by atoms with Crippen molar-refractivity contribution < 1.29 is 14.8 Å². The molecule has 0 aliphatic rings. The van der Waals surface area contributed by atoms with E-state index in [9.17, 15) is 9.59 Å². The summed E-state index contributed by atoms with van der Waals surface area (Å²) in [6.07, 6.45) is 5.82. The average molecular weight is 342 g/mol. The lowest BCUT2D eigenvalue weighted by atomic mass is 10.1. The fourth-order valence-corrected chi connectivity index (χ4v) is 2.22. The van der Waals surface area contributed by atoms with Gasteiger partial charge in [0.2, 0.25) is 0 Å². The number of ketones is 1. The highest BCUT2D eigenvalue weighted by molar-refractivity contribution is 6.32. The summed E-state index contributed by atoms with van der Waals surface area (Å²) in [4.78, 5) is 23.0. The lowest BCUT2D eigenvalue weighted by Crippen LogP contribution is -2.14. The maximum Gasteiger partial charge on any atom is 0.267 e. The second-order valence-corrected chi connectivity index (χ2v) is 5.56. The van der Waals surface area contributed by atoms with Crippen molar-refractivity contribution in [3.63, 3.8) is 0 Å². The van der Waals surface area contributed by atoms with Crippen molar-refractivity contribution in [3.05, 3.63) is 81.9 Å². The monoisotopic (exact) mass is 341 g/mol. The maximum atomic E-state index is 12.1. The van der Waals surface area contributed by atoms with Crippen LogP contribution >= 0.6 is 11.6 Å². The number of hydrogen-bond acceptors (Lipinski definition) is 3. The van der Waals surface area contributed by atoms with Crippen LogP contribution in [0.4, 0.5) is 0 Å². The van der Waals surface area contributed by atoms with Crippen LogP contribution in [0.2, 0.25) is 5.02 Å². The predicted molar refractivity (Wildman–Crippen MR) is 95.0 cm³/mol. The Balaban J connectivity index is 2.12. The molecule has 1 amide bonds. The SMILES string of the molecule is Cc1ccc(C(=O)/C=C/c2ccc(/C=C/C(=O)NO)cc2Cl)cc1. The zero-order chi connectivity index (χ0) is 17.5. The first-order chi connectivity index (χ1) is 11.5. The second kappa shape index (κ2) is 8.24. The summed E-state index contributed by atoms with van der Waals surface area (Å²) >= 11 is 6.18. The molecule has 0 saturated carbocycles. The Morgan fingerprint density at radius 2 is 1.75 bits per heavy atom.